The number of amides is 1. The molecule has 0 aliphatic carbocycles. The normalized spacial score (nSPS) is 15.7. The van der Waals surface area contributed by atoms with E-state index in [0.29, 0.717) is 10.6 Å². The minimum atomic E-state index is -0.298. The Labute approximate surface area is 157 Å². The van der Waals surface area contributed by atoms with E-state index in [2.05, 4.69) is 5.32 Å². The molecule has 4 nitrogen and oxygen atoms in total. The lowest BCUT2D eigenvalue weighted by atomic mass is 10.1. The summed E-state index contributed by atoms with van der Waals surface area (Å²) >= 11 is 6.01. The molecule has 1 aliphatic rings. The molecule has 3 aromatic carbocycles. The van der Waals surface area contributed by atoms with Crippen molar-refractivity contribution in [2.24, 2.45) is 0 Å². The molecule has 0 spiro atoms. The fourth-order valence-corrected chi connectivity index (χ4v) is 3.30. The molecule has 0 aromatic heterocycles. The van der Waals surface area contributed by atoms with E-state index in [0.717, 1.165) is 22.7 Å². The van der Waals surface area contributed by atoms with Crippen molar-refractivity contribution in [1.82, 2.24) is 0 Å². The predicted molar refractivity (Wildman–Crippen MR) is 104 cm³/mol. The van der Waals surface area contributed by atoms with Gasteiger partial charge in [0.1, 0.15) is 11.9 Å². The second-order valence-electron chi connectivity index (χ2n) is 6.01. The van der Waals surface area contributed by atoms with Gasteiger partial charge in [-0.1, -0.05) is 29.8 Å². The van der Waals surface area contributed by atoms with E-state index in [-0.39, 0.29) is 12.1 Å². The molecular weight excluding hydrogens is 348 g/mol. The number of hydrogen-bond donors (Lipinski definition) is 1. The van der Waals surface area contributed by atoms with Gasteiger partial charge in [0.2, 0.25) is 0 Å². The highest BCUT2D eigenvalue weighted by molar-refractivity contribution is 6.30. The van der Waals surface area contributed by atoms with Crippen LogP contribution in [0.15, 0.2) is 72.8 Å². The molecule has 1 heterocycles. The minimum absolute atomic E-state index is 0.0334. The number of benzene rings is 3. The number of carbonyl (C=O) groups is 1. The molecule has 1 aliphatic heterocycles. The van der Waals surface area contributed by atoms with Gasteiger partial charge < -0.3 is 10.1 Å². The van der Waals surface area contributed by atoms with Crippen molar-refractivity contribution in [2.45, 2.75) is 6.17 Å². The number of fused-ring (bicyclic) bond motifs is 1. The Hall–Kier alpha value is -2.98. The lowest BCUT2D eigenvalue weighted by Gasteiger charge is -2.27. The molecule has 3 aromatic rings. The van der Waals surface area contributed by atoms with Crippen molar-refractivity contribution < 1.29 is 9.53 Å². The van der Waals surface area contributed by atoms with Gasteiger partial charge in [-0.05, 0) is 54.6 Å². The van der Waals surface area contributed by atoms with Crippen LogP contribution in [0.2, 0.25) is 5.02 Å². The Balaban J connectivity index is 1.74. The summed E-state index contributed by atoms with van der Waals surface area (Å²) in [6.45, 7) is 0. The average molecular weight is 365 g/mol. The van der Waals surface area contributed by atoms with Crippen LogP contribution in [0.3, 0.4) is 0 Å². The Kier molecular flexibility index (Phi) is 4.27. The van der Waals surface area contributed by atoms with Gasteiger partial charge in [0.25, 0.3) is 5.91 Å². The van der Waals surface area contributed by atoms with Gasteiger partial charge in [-0.15, -0.1) is 0 Å². The predicted octanol–water partition coefficient (Wildman–Crippen LogP) is 5.12. The maximum atomic E-state index is 13.0. The molecule has 0 unspecified atom stereocenters. The molecule has 0 bridgehead atoms. The molecule has 0 radical (unpaired) electrons. The number of methoxy groups -OCH3 is 1. The lowest BCUT2D eigenvalue weighted by Crippen LogP contribution is -2.32. The highest BCUT2D eigenvalue weighted by atomic mass is 35.5. The standard InChI is InChI=1S/C21H17ClN2O2/c1-26-17-12-8-15(9-13-17)23-20-18-4-2-3-5-19(18)21(25)24(20)16-10-6-14(22)7-11-16/h2-13,20,23H,1H3/t20-/m0/s1. The van der Waals surface area contributed by atoms with Crippen LogP contribution in [-0.2, 0) is 0 Å². The first-order chi connectivity index (χ1) is 12.7. The van der Waals surface area contributed by atoms with Crippen molar-refractivity contribution in [2.75, 3.05) is 17.3 Å². The molecule has 1 N–H and O–H groups in total. The fourth-order valence-electron chi connectivity index (χ4n) is 3.17. The van der Waals surface area contributed by atoms with E-state index in [4.69, 9.17) is 16.3 Å². The Morgan fingerprint density at radius 2 is 1.65 bits per heavy atom. The van der Waals surface area contributed by atoms with Gasteiger partial charge in [0.15, 0.2) is 0 Å². The highest BCUT2D eigenvalue weighted by Crippen LogP contribution is 2.38. The number of carbonyl (C=O) groups excluding carboxylic acids is 1. The van der Waals surface area contributed by atoms with E-state index >= 15 is 0 Å². The Morgan fingerprint density at radius 3 is 2.35 bits per heavy atom. The fraction of sp³-hybridized carbons (Fsp3) is 0.0952. The minimum Gasteiger partial charge on any atom is -0.497 e. The van der Waals surface area contributed by atoms with Crippen molar-refractivity contribution >= 4 is 28.9 Å². The summed E-state index contributed by atoms with van der Waals surface area (Å²) in [7, 11) is 1.64. The average Bonchev–Trinajstić information content (AvgIpc) is 2.95. The van der Waals surface area contributed by atoms with Crippen LogP contribution < -0.4 is 15.0 Å². The van der Waals surface area contributed by atoms with Gasteiger partial charge >= 0.3 is 0 Å². The van der Waals surface area contributed by atoms with Crippen LogP contribution in [-0.4, -0.2) is 13.0 Å². The number of anilines is 2. The van der Waals surface area contributed by atoms with Crippen LogP contribution in [0.25, 0.3) is 0 Å². The van der Waals surface area contributed by atoms with Crippen LogP contribution in [0.5, 0.6) is 5.75 Å². The van der Waals surface area contributed by atoms with Crippen molar-refractivity contribution in [3.63, 3.8) is 0 Å². The van der Waals surface area contributed by atoms with Gasteiger partial charge in [0, 0.05) is 27.5 Å². The number of rotatable bonds is 4. The summed E-state index contributed by atoms with van der Waals surface area (Å²) in [6.07, 6.45) is -0.298. The molecule has 5 heteroatoms. The number of nitrogens with zero attached hydrogens (tertiary/aromatic N) is 1. The second-order valence-corrected chi connectivity index (χ2v) is 6.45. The van der Waals surface area contributed by atoms with Gasteiger partial charge in [0.05, 0.1) is 7.11 Å². The molecule has 0 saturated heterocycles. The number of halogens is 1. The van der Waals surface area contributed by atoms with Crippen molar-refractivity contribution in [3.05, 3.63) is 88.9 Å². The lowest BCUT2D eigenvalue weighted by molar-refractivity contribution is 0.0993. The third-order valence-electron chi connectivity index (χ3n) is 4.46. The molecule has 1 atom stereocenters. The summed E-state index contributed by atoms with van der Waals surface area (Å²) in [6, 6.07) is 22.6. The molecular formula is C21H17ClN2O2. The monoisotopic (exact) mass is 364 g/mol. The summed E-state index contributed by atoms with van der Waals surface area (Å²) < 4.78 is 5.21. The topological polar surface area (TPSA) is 41.6 Å². The maximum absolute atomic E-state index is 13.0. The third-order valence-corrected chi connectivity index (χ3v) is 4.71. The van der Waals surface area contributed by atoms with E-state index in [1.165, 1.54) is 0 Å². The smallest absolute Gasteiger partial charge is 0.260 e. The van der Waals surface area contributed by atoms with Crippen LogP contribution in [0, 0.1) is 0 Å². The van der Waals surface area contributed by atoms with E-state index in [9.17, 15) is 4.79 Å². The molecule has 26 heavy (non-hydrogen) atoms. The van der Waals surface area contributed by atoms with E-state index in [1.807, 2.05) is 60.7 Å². The van der Waals surface area contributed by atoms with Crippen LogP contribution >= 0.6 is 11.6 Å². The first kappa shape index (κ1) is 16.5. The van der Waals surface area contributed by atoms with Gasteiger partial charge in [-0.3, -0.25) is 9.69 Å². The van der Waals surface area contributed by atoms with Gasteiger partial charge in [-0.2, -0.15) is 0 Å². The molecule has 4 rings (SSSR count). The molecule has 0 fully saturated rings. The van der Waals surface area contributed by atoms with Gasteiger partial charge in [-0.25, -0.2) is 0 Å². The quantitative estimate of drug-likeness (QED) is 0.698. The summed E-state index contributed by atoms with van der Waals surface area (Å²) in [5.74, 6) is 0.752. The Morgan fingerprint density at radius 1 is 0.962 bits per heavy atom. The molecule has 130 valence electrons. The van der Waals surface area contributed by atoms with Crippen molar-refractivity contribution in [1.29, 1.82) is 0 Å². The third kappa shape index (κ3) is 2.89. The zero-order chi connectivity index (χ0) is 18.1. The zero-order valence-electron chi connectivity index (χ0n) is 14.1. The number of ether oxygens (including phenoxy) is 1. The highest BCUT2D eigenvalue weighted by Gasteiger charge is 2.37. The van der Waals surface area contributed by atoms with E-state index < -0.39 is 0 Å². The SMILES string of the molecule is COc1ccc(N[C@@H]2c3ccccc3C(=O)N2c2ccc(Cl)cc2)cc1. The largest absolute Gasteiger partial charge is 0.497 e. The van der Waals surface area contributed by atoms with E-state index in [1.54, 1.807) is 24.1 Å². The number of hydrogen-bond acceptors (Lipinski definition) is 3. The first-order valence-corrected chi connectivity index (χ1v) is 8.64. The number of nitrogens with one attached hydrogen (secondary N) is 1. The second kappa shape index (κ2) is 6.73. The van der Waals surface area contributed by atoms with Crippen LogP contribution in [0.4, 0.5) is 11.4 Å². The summed E-state index contributed by atoms with van der Waals surface area (Å²) in [5.41, 5.74) is 3.35. The maximum Gasteiger partial charge on any atom is 0.260 e. The molecule has 1 amide bonds. The van der Waals surface area contributed by atoms with Crippen LogP contribution in [0.1, 0.15) is 22.1 Å². The Bertz CT molecular complexity index is 939. The zero-order valence-corrected chi connectivity index (χ0v) is 14.9. The summed E-state index contributed by atoms with van der Waals surface area (Å²) in [5, 5.41) is 4.10. The first-order valence-electron chi connectivity index (χ1n) is 8.26. The summed E-state index contributed by atoms with van der Waals surface area (Å²) in [4.78, 5) is 14.8. The molecule has 0 saturated carbocycles. The van der Waals surface area contributed by atoms with Crippen molar-refractivity contribution in [3.8, 4) is 5.75 Å².